The molecule has 0 aliphatic heterocycles. The first-order valence-corrected chi connectivity index (χ1v) is 5.59. The van der Waals surface area contributed by atoms with Gasteiger partial charge < -0.3 is 15.5 Å². The van der Waals surface area contributed by atoms with E-state index < -0.39 is 0 Å². The first-order valence-electron chi connectivity index (χ1n) is 5.18. The van der Waals surface area contributed by atoms with Crippen molar-refractivity contribution in [3.8, 4) is 5.75 Å². The highest BCUT2D eigenvalue weighted by Crippen LogP contribution is 2.14. The van der Waals surface area contributed by atoms with Crippen LogP contribution in [-0.2, 0) is 0 Å². The number of nitrogens with zero attached hydrogens (tertiary/aromatic N) is 2. The van der Waals surface area contributed by atoms with Gasteiger partial charge in [-0.2, -0.15) is 10.2 Å². The van der Waals surface area contributed by atoms with Crippen LogP contribution in [0.4, 0.5) is 5.69 Å². The van der Waals surface area contributed by atoms with E-state index in [0.717, 1.165) is 11.4 Å². The zero-order valence-corrected chi connectivity index (χ0v) is 11.0. The van der Waals surface area contributed by atoms with E-state index in [9.17, 15) is 0 Å². The number of nitrogens with one attached hydrogen (secondary N) is 3. The molecular weight excluding hydrogens is 250 g/mol. The Morgan fingerprint density at radius 3 is 2.50 bits per heavy atom. The van der Waals surface area contributed by atoms with Crippen molar-refractivity contribution in [2.45, 2.75) is 0 Å². The van der Waals surface area contributed by atoms with E-state index in [1.165, 1.54) is 12.4 Å². The molecule has 1 aromatic rings. The number of hydrogen-bond acceptors (Lipinski definition) is 5. The zero-order valence-electron chi connectivity index (χ0n) is 10.2. The maximum absolute atomic E-state index is 5.06. The Morgan fingerprint density at radius 1 is 1.22 bits per heavy atom. The molecular formula is C11H15N5OS. The third kappa shape index (κ3) is 5.26. The van der Waals surface area contributed by atoms with Gasteiger partial charge in [0.25, 0.3) is 0 Å². The summed E-state index contributed by atoms with van der Waals surface area (Å²) in [4.78, 5) is 0. The molecule has 0 spiro atoms. The van der Waals surface area contributed by atoms with Crippen LogP contribution in [0.2, 0.25) is 0 Å². The summed E-state index contributed by atoms with van der Waals surface area (Å²) in [6.45, 7) is 0. The quantitative estimate of drug-likeness (QED) is 0.423. The highest BCUT2D eigenvalue weighted by Gasteiger charge is 1.96. The van der Waals surface area contributed by atoms with Crippen LogP contribution in [0.1, 0.15) is 0 Å². The van der Waals surface area contributed by atoms with E-state index in [1.54, 1.807) is 14.2 Å². The maximum Gasteiger partial charge on any atom is 0.191 e. The Hall–Kier alpha value is -2.15. The molecule has 0 aliphatic carbocycles. The fourth-order valence-corrected chi connectivity index (χ4v) is 1.24. The van der Waals surface area contributed by atoms with Gasteiger partial charge in [-0.3, -0.25) is 5.43 Å². The Kier molecular flexibility index (Phi) is 6.20. The van der Waals surface area contributed by atoms with Crippen LogP contribution >= 0.6 is 12.2 Å². The first-order chi connectivity index (χ1) is 8.76. The van der Waals surface area contributed by atoms with Gasteiger partial charge in [0.2, 0.25) is 0 Å². The van der Waals surface area contributed by atoms with Gasteiger partial charge in [-0.05, 0) is 36.5 Å². The van der Waals surface area contributed by atoms with Crippen LogP contribution < -0.4 is 20.9 Å². The molecule has 1 rings (SSSR count). The maximum atomic E-state index is 5.06. The first kappa shape index (κ1) is 13.9. The van der Waals surface area contributed by atoms with Crippen molar-refractivity contribution in [2.75, 3.05) is 19.5 Å². The number of methoxy groups -OCH3 is 1. The van der Waals surface area contributed by atoms with E-state index in [2.05, 4.69) is 26.4 Å². The smallest absolute Gasteiger partial charge is 0.191 e. The van der Waals surface area contributed by atoms with E-state index in [0.29, 0.717) is 5.11 Å². The Morgan fingerprint density at radius 2 is 1.89 bits per heavy atom. The Labute approximate surface area is 111 Å². The number of hydrogen-bond donors (Lipinski definition) is 3. The van der Waals surface area contributed by atoms with Gasteiger partial charge in [0.05, 0.1) is 19.5 Å². The minimum absolute atomic E-state index is 0.397. The summed E-state index contributed by atoms with van der Waals surface area (Å²) in [6.07, 6.45) is 2.99. The van der Waals surface area contributed by atoms with Crippen LogP contribution in [0, 0.1) is 0 Å². The van der Waals surface area contributed by atoms with Crippen molar-refractivity contribution in [2.24, 2.45) is 10.2 Å². The predicted octanol–water partition coefficient (Wildman–Crippen LogP) is 1.17. The Balaban J connectivity index is 2.39. The molecule has 0 aliphatic rings. The van der Waals surface area contributed by atoms with Crippen LogP contribution in [0.15, 0.2) is 34.5 Å². The molecule has 0 heterocycles. The summed E-state index contributed by atoms with van der Waals surface area (Å²) >= 11 is 5.05. The predicted molar refractivity (Wildman–Crippen MR) is 78.4 cm³/mol. The minimum atomic E-state index is 0.397. The lowest BCUT2D eigenvalue weighted by molar-refractivity contribution is 0.415. The summed E-state index contributed by atoms with van der Waals surface area (Å²) in [6, 6.07) is 7.40. The average molecular weight is 265 g/mol. The SMILES string of the molecule is CN/N=C/C=N/NC(=S)Nc1ccc(OC)cc1. The van der Waals surface area contributed by atoms with Crippen molar-refractivity contribution in [1.82, 2.24) is 10.9 Å². The van der Waals surface area contributed by atoms with Gasteiger partial charge in [-0.1, -0.05) is 0 Å². The van der Waals surface area contributed by atoms with Crippen molar-refractivity contribution >= 4 is 35.4 Å². The molecule has 1 aromatic carbocycles. The molecule has 6 nitrogen and oxygen atoms in total. The second-order valence-corrected chi connectivity index (χ2v) is 3.48. The molecule has 0 aromatic heterocycles. The summed E-state index contributed by atoms with van der Waals surface area (Å²) in [5.74, 6) is 0.792. The zero-order chi connectivity index (χ0) is 13.2. The van der Waals surface area contributed by atoms with E-state index in [-0.39, 0.29) is 0 Å². The summed E-state index contributed by atoms with van der Waals surface area (Å²) in [5, 5.41) is 10.9. The molecule has 96 valence electrons. The number of anilines is 1. The molecule has 0 unspecified atom stereocenters. The lowest BCUT2D eigenvalue weighted by Crippen LogP contribution is -2.23. The summed E-state index contributed by atoms with van der Waals surface area (Å²) < 4.78 is 5.06. The number of thiocarbonyl (C=S) groups is 1. The number of rotatable bonds is 5. The standard InChI is InChI=1S/C11H15N5OS/c1-12-13-7-8-14-16-11(18)15-9-3-5-10(17-2)6-4-9/h3-8,12H,1-2H3,(H2,15,16,18)/b13-7+,14-8+. The molecule has 7 heteroatoms. The topological polar surface area (TPSA) is 70.0 Å². The highest BCUT2D eigenvalue weighted by atomic mass is 32.1. The van der Waals surface area contributed by atoms with Gasteiger partial charge in [-0.15, -0.1) is 0 Å². The van der Waals surface area contributed by atoms with Crippen molar-refractivity contribution in [3.05, 3.63) is 24.3 Å². The molecule has 0 fully saturated rings. The monoisotopic (exact) mass is 265 g/mol. The Bertz CT molecular complexity index is 430. The number of benzene rings is 1. The van der Waals surface area contributed by atoms with Crippen molar-refractivity contribution in [1.29, 1.82) is 0 Å². The summed E-state index contributed by atoms with van der Waals surface area (Å²) in [7, 11) is 3.32. The fraction of sp³-hybridized carbons (Fsp3) is 0.182. The molecule has 3 N–H and O–H groups in total. The van der Waals surface area contributed by atoms with Gasteiger partial charge >= 0.3 is 0 Å². The third-order valence-corrected chi connectivity index (χ3v) is 2.05. The largest absolute Gasteiger partial charge is 0.497 e. The summed E-state index contributed by atoms with van der Waals surface area (Å²) in [5.41, 5.74) is 6.11. The van der Waals surface area contributed by atoms with Gasteiger partial charge in [0.15, 0.2) is 5.11 Å². The van der Waals surface area contributed by atoms with E-state index in [4.69, 9.17) is 17.0 Å². The third-order valence-electron chi connectivity index (χ3n) is 1.86. The second-order valence-electron chi connectivity index (χ2n) is 3.07. The van der Waals surface area contributed by atoms with Crippen molar-refractivity contribution in [3.63, 3.8) is 0 Å². The molecule has 0 saturated heterocycles. The van der Waals surface area contributed by atoms with Gasteiger partial charge in [0.1, 0.15) is 5.75 Å². The lowest BCUT2D eigenvalue weighted by atomic mass is 10.3. The molecule has 18 heavy (non-hydrogen) atoms. The minimum Gasteiger partial charge on any atom is -0.497 e. The molecule has 0 radical (unpaired) electrons. The molecule has 0 bridgehead atoms. The van der Waals surface area contributed by atoms with Crippen LogP contribution in [0.3, 0.4) is 0 Å². The molecule has 0 amide bonds. The van der Waals surface area contributed by atoms with Crippen LogP contribution in [0.5, 0.6) is 5.75 Å². The normalized spacial score (nSPS) is 10.6. The second kappa shape index (κ2) is 8.02. The molecule has 0 saturated carbocycles. The van der Waals surface area contributed by atoms with Gasteiger partial charge in [0, 0.05) is 12.7 Å². The van der Waals surface area contributed by atoms with Crippen LogP contribution in [0.25, 0.3) is 0 Å². The van der Waals surface area contributed by atoms with Crippen LogP contribution in [-0.4, -0.2) is 31.7 Å². The number of ether oxygens (including phenoxy) is 1. The average Bonchev–Trinajstić information content (AvgIpc) is 2.39. The number of hydrazone groups is 2. The van der Waals surface area contributed by atoms with Gasteiger partial charge in [-0.25, -0.2) is 0 Å². The van der Waals surface area contributed by atoms with E-state index >= 15 is 0 Å². The lowest BCUT2D eigenvalue weighted by Gasteiger charge is -2.07. The van der Waals surface area contributed by atoms with Crippen molar-refractivity contribution < 1.29 is 4.74 Å². The highest BCUT2D eigenvalue weighted by molar-refractivity contribution is 7.80. The molecule has 0 atom stereocenters. The van der Waals surface area contributed by atoms with E-state index in [1.807, 2.05) is 24.3 Å². The fourth-order valence-electron chi connectivity index (χ4n) is 1.07.